The van der Waals surface area contributed by atoms with E-state index in [-0.39, 0.29) is 11.8 Å². The minimum Gasteiger partial charge on any atom is -0.338 e. The van der Waals surface area contributed by atoms with E-state index in [1.807, 2.05) is 23.9 Å². The van der Waals surface area contributed by atoms with Gasteiger partial charge in [0, 0.05) is 31.6 Å². The summed E-state index contributed by atoms with van der Waals surface area (Å²) in [6.07, 6.45) is 0. The van der Waals surface area contributed by atoms with Crippen molar-refractivity contribution in [3.63, 3.8) is 0 Å². The van der Waals surface area contributed by atoms with Crippen LogP contribution in [0.3, 0.4) is 0 Å². The van der Waals surface area contributed by atoms with Gasteiger partial charge in [0.2, 0.25) is 5.91 Å². The van der Waals surface area contributed by atoms with Crippen LogP contribution in [-0.2, 0) is 4.79 Å². The molecule has 2 amide bonds. The number of thiazole rings is 1. The van der Waals surface area contributed by atoms with Crippen molar-refractivity contribution in [1.29, 1.82) is 0 Å². The number of likely N-dealkylation sites (N-methyl/N-ethyl adjacent to an activating group) is 1. The maximum Gasteiger partial charge on any atom is 0.273 e. The number of nitrogens with zero attached hydrogens (tertiary/aromatic N) is 4. The molecule has 104 valence electrons. The van der Waals surface area contributed by atoms with Crippen molar-refractivity contribution < 1.29 is 9.59 Å². The summed E-state index contributed by atoms with van der Waals surface area (Å²) in [5.74, 6) is 0.0757. The molecular formula is C12H18N4O2S. The first-order valence-electron chi connectivity index (χ1n) is 6.18. The lowest BCUT2D eigenvalue weighted by Gasteiger charge is -2.35. The van der Waals surface area contributed by atoms with Crippen molar-refractivity contribution in [3.8, 4) is 0 Å². The number of hydrogen-bond donors (Lipinski definition) is 0. The van der Waals surface area contributed by atoms with Crippen LogP contribution in [0.15, 0.2) is 10.9 Å². The van der Waals surface area contributed by atoms with Gasteiger partial charge in [-0.3, -0.25) is 9.59 Å². The maximum absolute atomic E-state index is 12.1. The highest BCUT2D eigenvalue weighted by atomic mass is 32.1. The van der Waals surface area contributed by atoms with Gasteiger partial charge >= 0.3 is 0 Å². The Balaban J connectivity index is 1.86. The number of aromatic nitrogens is 1. The molecule has 7 heteroatoms. The zero-order valence-corrected chi connectivity index (χ0v) is 12.0. The van der Waals surface area contributed by atoms with E-state index in [9.17, 15) is 9.59 Å². The zero-order chi connectivity index (χ0) is 13.8. The molecule has 0 unspecified atom stereocenters. The van der Waals surface area contributed by atoms with Crippen molar-refractivity contribution in [2.75, 3.05) is 46.8 Å². The van der Waals surface area contributed by atoms with E-state index in [0.29, 0.717) is 38.4 Å². The number of hydrogen-bond acceptors (Lipinski definition) is 5. The third-order valence-electron chi connectivity index (χ3n) is 3.02. The molecule has 1 fully saturated rings. The molecule has 19 heavy (non-hydrogen) atoms. The van der Waals surface area contributed by atoms with E-state index in [1.165, 1.54) is 11.3 Å². The molecule has 0 radical (unpaired) electrons. The number of piperazine rings is 1. The molecule has 1 aromatic rings. The largest absolute Gasteiger partial charge is 0.338 e. The van der Waals surface area contributed by atoms with Gasteiger partial charge < -0.3 is 14.7 Å². The first-order valence-corrected chi connectivity index (χ1v) is 7.12. The standard InChI is InChI=1S/C12H18N4O2S/c1-14(2)7-11(17)15-3-5-16(6-4-15)12(18)10-8-19-9-13-10/h8-9H,3-7H2,1-2H3. The molecule has 1 aliphatic rings. The van der Waals surface area contributed by atoms with Crippen LogP contribution in [0.2, 0.25) is 0 Å². The first-order chi connectivity index (χ1) is 9.08. The summed E-state index contributed by atoms with van der Waals surface area (Å²) in [6, 6.07) is 0. The van der Waals surface area contributed by atoms with Gasteiger partial charge in [0.15, 0.2) is 0 Å². The molecule has 1 aromatic heterocycles. The Morgan fingerprint density at radius 1 is 1.26 bits per heavy atom. The highest BCUT2D eigenvalue weighted by Crippen LogP contribution is 2.09. The van der Waals surface area contributed by atoms with Crippen molar-refractivity contribution in [3.05, 3.63) is 16.6 Å². The summed E-state index contributed by atoms with van der Waals surface area (Å²) in [7, 11) is 3.75. The van der Waals surface area contributed by atoms with Gasteiger partial charge in [-0.05, 0) is 14.1 Å². The first kappa shape index (κ1) is 14.0. The maximum atomic E-state index is 12.1. The summed E-state index contributed by atoms with van der Waals surface area (Å²) in [4.78, 5) is 33.4. The van der Waals surface area contributed by atoms with Gasteiger partial charge in [-0.15, -0.1) is 11.3 Å². The molecule has 0 bridgehead atoms. The fraction of sp³-hybridized carbons (Fsp3) is 0.583. The van der Waals surface area contributed by atoms with E-state index in [0.717, 1.165) is 0 Å². The SMILES string of the molecule is CN(C)CC(=O)N1CCN(C(=O)c2cscn2)CC1. The van der Waals surface area contributed by atoms with Gasteiger partial charge in [-0.2, -0.15) is 0 Å². The summed E-state index contributed by atoms with van der Waals surface area (Å²) in [5, 5.41) is 1.76. The van der Waals surface area contributed by atoms with Gasteiger partial charge in [0.25, 0.3) is 5.91 Å². The number of rotatable bonds is 3. The second-order valence-corrected chi connectivity index (χ2v) is 5.50. The quantitative estimate of drug-likeness (QED) is 0.782. The summed E-state index contributed by atoms with van der Waals surface area (Å²) in [6.45, 7) is 2.77. The normalized spacial score (nSPS) is 15.9. The van der Waals surface area contributed by atoms with Gasteiger partial charge in [-0.25, -0.2) is 4.98 Å². The predicted octanol–water partition coefficient (Wildman–Crippen LogP) is -0.0109. The Kier molecular flexibility index (Phi) is 4.49. The Hall–Kier alpha value is -1.47. The Morgan fingerprint density at radius 3 is 2.42 bits per heavy atom. The molecule has 0 N–H and O–H groups in total. The molecule has 0 aromatic carbocycles. The third-order valence-corrected chi connectivity index (χ3v) is 3.61. The molecule has 0 atom stereocenters. The average molecular weight is 282 g/mol. The van der Waals surface area contributed by atoms with Crippen LogP contribution < -0.4 is 0 Å². The number of carbonyl (C=O) groups excluding carboxylic acids is 2. The lowest BCUT2D eigenvalue weighted by atomic mass is 10.3. The number of carbonyl (C=O) groups is 2. The topological polar surface area (TPSA) is 56.8 Å². The molecular weight excluding hydrogens is 264 g/mol. The molecule has 2 rings (SSSR count). The molecule has 0 spiro atoms. The van der Waals surface area contributed by atoms with Crippen molar-refractivity contribution in [1.82, 2.24) is 19.7 Å². The van der Waals surface area contributed by atoms with Crippen molar-refractivity contribution in [2.24, 2.45) is 0 Å². The fourth-order valence-corrected chi connectivity index (χ4v) is 2.54. The Labute approximate surface area is 116 Å². The van der Waals surface area contributed by atoms with Gasteiger partial charge in [-0.1, -0.05) is 0 Å². The molecule has 6 nitrogen and oxygen atoms in total. The smallest absolute Gasteiger partial charge is 0.273 e. The van der Waals surface area contributed by atoms with Gasteiger partial charge in [0.05, 0.1) is 12.1 Å². The minimum atomic E-state index is -0.0408. The van der Waals surface area contributed by atoms with Crippen LogP contribution >= 0.6 is 11.3 Å². The lowest BCUT2D eigenvalue weighted by molar-refractivity contribution is -0.133. The van der Waals surface area contributed by atoms with Crippen molar-refractivity contribution in [2.45, 2.75) is 0 Å². The van der Waals surface area contributed by atoms with Crippen LogP contribution in [0.1, 0.15) is 10.5 Å². The van der Waals surface area contributed by atoms with Gasteiger partial charge in [0.1, 0.15) is 5.69 Å². The predicted molar refractivity (Wildman–Crippen MR) is 73.2 cm³/mol. The van der Waals surface area contributed by atoms with Crippen LogP contribution in [-0.4, -0.2) is 78.3 Å². The number of amides is 2. The monoisotopic (exact) mass is 282 g/mol. The molecule has 1 aliphatic heterocycles. The van der Waals surface area contributed by atoms with Crippen LogP contribution in [0.25, 0.3) is 0 Å². The Morgan fingerprint density at radius 2 is 1.89 bits per heavy atom. The zero-order valence-electron chi connectivity index (χ0n) is 11.2. The van der Waals surface area contributed by atoms with E-state index in [1.54, 1.807) is 15.8 Å². The highest BCUT2D eigenvalue weighted by molar-refractivity contribution is 7.07. The molecule has 2 heterocycles. The van der Waals surface area contributed by atoms with Crippen LogP contribution in [0, 0.1) is 0 Å². The fourth-order valence-electron chi connectivity index (χ4n) is 2.01. The minimum absolute atomic E-state index is 0.0408. The second kappa shape index (κ2) is 6.12. The second-order valence-electron chi connectivity index (χ2n) is 4.78. The van der Waals surface area contributed by atoms with Crippen LogP contribution in [0.5, 0.6) is 0 Å². The van der Waals surface area contributed by atoms with E-state index in [2.05, 4.69) is 4.98 Å². The molecule has 0 saturated carbocycles. The van der Waals surface area contributed by atoms with Crippen molar-refractivity contribution >= 4 is 23.2 Å². The molecule has 1 saturated heterocycles. The average Bonchev–Trinajstić information content (AvgIpc) is 2.91. The highest BCUT2D eigenvalue weighted by Gasteiger charge is 2.25. The summed E-state index contributed by atoms with van der Waals surface area (Å²) in [5.41, 5.74) is 2.16. The lowest BCUT2D eigenvalue weighted by Crippen LogP contribution is -2.52. The van der Waals surface area contributed by atoms with E-state index in [4.69, 9.17) is 0 Å². The third kappa shape index (κ3) is 3.51. The van der Waals surface area contributed by atoms with E-state index < -0.39 is 0 Å². The molecule has 0 aliphatic carbocycles. The van der Waals surface area contributed by atoms with E-state index >= 15 is 0 Å². The Bertz CT molecular complexity index is 439. The summed E-state index contributed by atoms with van der Waals surface area (Å²) >= 11 is 1.42. The summed E-state index contributed by atoms with van der Waals surface area (Å²) < 4.78 is 0. The van der Waals surface area contributed by atoms with Crippen LogP contribution in [0.4, 0.5) is 0 Å².